The molecule has 50 heavy (non-hydrogen) atoms. The average molecular weight is 699 g/mol. The summed E-state index contributed by atoms with van der Waals surface area (Å²) in [5.41, 5.74) is 2.06. The van der Waals surface area contributed by atoms with Gasteiger partial charge in [-0.15, -0.1) is 0 Å². The first kappa shape index (κ1) is 34.0. The molecule has 4 heterocycles. The van der Waals surface area contributed by atoms with E-state index in [1.54, 1.807) is 33.9 Å². The van der Waals surface area contributed by atoms with Crippen molar-refractivity contribution in [2.24, 2.45) is 5.92 Å². The Labute approximate surface area is 291 Å². The van der Waals surface area contributed by atoms with Crippen LogP contribution < -0.4 is 9.80 Å². The summed E-state index contributed by atoms with van der Waals surface area (Å²) in [6, 6.07) is 19.2. The van der Waals surface area contributed by atoms with Gasteiger partial charge in [0.05, 0.1) is 42.3 Å². The summed E-state index contributed by atoms with van der Waals surface area (Å²) in [6.07, 6.45) is 0.853. The molecule has 4 aliphatic rings. The number of nitrogens with zero attached hydrogens (tertiary/aromatic N) is 4. The Hall–Kier alpha value is -4.43. The normalized spacial score (nSPS) is 26.1. The highest BCUT2D eigenvalue weighted by molar-refractivity contribution is 6.71. The van der Waals surface area contributed by atoms with Crippen molar-refractivity contribution < 1.29 is 33.9 Å². The average Bonchev–Trinajstić information content (AvgIpc) is 3.72. The van der Waals surface area contributed by atoms with Crippen LogP contribution in [0, 0.1) is 16.0 Å². The fourth-order valence-corrected chi connectivity index (χ4v) is 11.3. The molecule has 0 unspecified atom stereocenters. The van der Waals surface area contributed by atoms with E-state index in [0.29, 0.717) is 37.2 Å². The second kappa shape index (κ2) is 12.7. The lowest BCUT2D eigenvalue weighted by molar-refractivity contribution is -0.385. The Morgan fingerprint density at radius 2 is 1.80 bits per heavy atom. The quantitative estimate of drug-likeness (QED) is 0.200. The summed E-state index contributed by atoms with van der Waals surface area (Å²) < 4.78 is 6.81. The van der Waals surface area contributed by atoms with E-state index < -0.39 is 48.4 Å². The molecule has 2 saturated heterocycles. The van der Waals surface area contributed by atoms with E-state index in [1.165, 1.54) is 12.1 Å². The maximum Gasteiger partial charge on any atom is 0.269 e. The SMILES string of the molecule is C[C@H]1[C@H]([Si](C)(C)O)[C@@H](CC(=O)N2Cc3ccccc3C[C@H]2CO)O[C@]12C(=O)N(Cc1ccc(N3CCCC3=O)cc1)c1ccc([N+](=O)[O-])cc12. The number of fused-ring (bicyclic) bond motifs is 3. The molecule has 0 saturated carbocycles. The Balaban J connectivity index is 1.23. The van der Waals surface area contributed by atoms with E-state index in [2.05, 4.69) is 0 Å². The van der Waals surface area contributed by atoms with Crippen molar-refractivity contribution in [1.29, 1.82) is 0 Å². The zero-order valence-corrected chi connectivity index (χ0v) is 29.4. The fourth-order valence-electron chi connectivity index (χ4n) is 8.75. The van der Waals surface area contributed by atoms with Gasteiger partial charge in [-0.3, -0.25) is 24.5 Å². The molecule has 12 nitrogen and oxygen atoms in total. The molecular weight excluding hydrogens is 657 g/mol. The van der Waals surface area contributed by atoms with Gasteiger partial charge in [0.25, 0.3) is 11.6 Å². The minimum absolute atomic E-state index is 0.0761. The van der Waals surface area contributed by atoms with Crippen LogP contribution in [0.3, 0.4) is 0 Å². The number of ether oxygens (including phenoxy) is 1. The number of aliphatic hydroxyl groups is 1. The minimum atomic E-state index is -3.13. The van der Waals surface area contributed by atoms with Gasteiger partial charge < -0.3 is 29.3 Å². The first-order valence-electron chi connectivity index (χ1n) is 17.2. The first-order valence-corrected chi connectivity index (χ1v) is 20.2. The van der Waals surface area contributed by atoms with Crippen molar-refractivity contribution in [3.05, 3.63) is 99.1 Å². The number of hydrogen-bond donors (Lipinski definition) is 2. The maximum absolute atomic E-state index is 14.8. The molecular formula is C37H42N4O8Si. The number of nitro benzene ring substituents is 1. The predicted molar refractivity (Wildman–Crippen MR) is 188 cm³/mol. The molecule has 262 valence electrons. The lowest BCUT2D eigenvalue weighted by Crippen LogP contribution is -2.48. The van der Waals surface area contributed by atoms with Crippen LogP contribution in [0.25, 0.3) is 0 Å². The lowest BCUT2D eigenvalue weighted by atomic mass is 9.82. The van der Waals surface area contributed by atoms with E-state index in [9.17, 15) is 34.4 Å². The molecule has 3 aromatic rings. The van der Waals surface area contributed by atoms with E-state index in [4.69, 9.17) is 4.74 Å². The summed E-state index contributed by atoms with van der Waals surface area (Å²) in [6.45, 7) is 6.28. The molecule has 13 heteroatoms. The molecule has 3 aromatic carbocycles. The molecule has 7 rings (SSSR count). The zero-order valence-electron chi connectivity index (χ0n) is 28.4. The third-order valence-electron chi connectivity index (χ3n) is 11.1. The van der Waals surface area contributed by atoms with Crippen LogP contribution in [-0.4, -0.2) is 71.1 Å². The number of rotatable bonds is 8. The summed E-state index contributed by atoms with van der Waals surface area (Å²) in [5.74, 6) is -1.21. The monoisotopic (exact) mass is 698 g/mol. The highest BCUT2D eigenvalue weighted by atomic mass is 28.4. The highest BCUT2D eigenvalue weighted by Gasteiger charge is 2.66. The van der Waals surface area contributed by atoms with Crippen LogP contribution in [-0.2, 0) is 44.2 Å². The molecule has 5 atom stereocenters. The van der Waals surface area contributed by atoms with Gasteiger partial charge in [0.15, 0.2) is 13.9 Å². The van der Waals surface area contributed by atoms with Gasteiger partial charge in [-0.25, -0.2) is 0 Å². The van der Waals surface area contributed by atoms with Gasteiger partial charge in [-0.1, -0.05) is 43.3 Å². The van der Waals surface area contributed by atoms with Crippen LogP contribution >= 0.6 is 0 Å². The molecule has 0 aromatic heterocycles. The van der Waals surface area contributed by atoms with E-state index >= 15 is 0 Å². The van der Waals surface area contributed by atoms with Crippen LogP contribution in [0.1, 0.15) is 48.4 Å². The van der Waals surface area contributed by atoms with Gasteiger partial charge >= 0.3 is 0 Å². The van der Waals surface area contributed by atoms with Crippen molar-refractivity contribution in [2.75, 3.05) is 23.0 Å². The summed E-state index contributed by atoms with van der Waals surface area (Å²) in [4.78, 5) is 69.4. The standard InChI is InChI=1S/C37H42N4O8Si/c1-23-35(50(2,3)48)32(19-34(44)39-21-26-8-5-4-7-25(26)17-29(39)22-42)49-37(23)30-18-28(41(46)47)14-15-31(30)40(36(37)45)20-24-10-12-27(13-11-24)38-16-6-9-33(38)43/h4-5,7-8,10-15,18,23,29,32,35,42,48H,6,9,16-17,19-22H2,1-3H3/t23-,29-,32+,35-,37+/m0/s1. The second-order valence-corrected chi connectivity index (χ2v) is 18.5. The lowest BCUT2D eigenvalue weighted by Gasteiger charge is -2.37. The van der Waals surface area contributed by atoms with Gasteiger partial charge in [0, 0.05) is 54.4 Å². The molecule has 2 N–H and O–H groups in total. The van der Waals surface area contributed by atoms with Crippen LogP contribution in [0.15, 0.2) is 66.7 Å². The van der Waals surface area contributed by atoms with Gasteiger partial charge in [-0.05, 0) is 60.8 Å². The number of benzene rings is 3. The Morgan fingerprint density at radius 3 is 2.44 bits per heavy atom. The molecule has 3 amide bonds. The fraction of sp³-hybridized carbons (Fsp3) is 0.432. The predicted octanol–water partition coefficient (Wildman–Crippen LogP) is 4.40. The van der Waals surface area contributed by atoms with Crippen LogP contribution in [0.2, 0.25) is 18.6 Å². The largest absolute Gasteiger partial charge is 0.432 e. The topological polar surface area (TPSA) is 154 Å². The number of aliphatic hydroxyl groups excluding tert-OH is 1. The van der Waals surface area contributed by atoms with E-state index in [-0.39, 0.29) is 37.1 Å². The van der Waals surface area contributed by atoms with Gasteiger partial charge in [0.1, 0.15) is 0 Å². The minimum Gasteiger partial charge on any atom is -0.432 e. The van der Waals surface area contributed by atoms with Crippen molar-refractivity contribution >= 4 is 43.1 Å². The first-order chi connectivity index (χ1) is 23.8. The number of carbonyl (C=O) groups is 3. The third kappa shape index (κ3) is 5.62. The Bertz CT molecular complexity index is 1860. The number of amides is 3. The van der Waals surface area contributed by atoms with Gasteiger partial charge in [-0.2, -0.15) is 0 Å². The third-order valence-corrected chi connectivity index (χ3v) is 13.6. The van der Waals surface area contributed by atoms with Gasteiger partial charge in [0.2, 0.25) is 11.8 Å². The molecule has 2 fully saturated rings. The molecule has 0 radical (unpaired) electrons. The zero-order chi connectivity index (χ0) is 35.5. The molecule has 0 bridgehead atoms. The number of anilines is 2. The highest BCUT2D eigenvalue weighted by Crippen LogP contribution is 2.60. The summed E-state index contributed by atoms with van der Waals surface area (Å²) in [5, 5.41) is 22.2. The van der Waals surface area contributed by atoms with Crippen molar-refractivity contribution in [3.8, 4) is 0 Å². The smallest absolute Gasteiger partial charge is 0.269 e. The summed E-state index contributed by atoms with van der Waals surface area (Å²) >= 11 is 0. The van der Waals surface area contributed by atoms with Crippen molar-refractivity contribution in [3.63, 3.8) is 0 Å². The maximum atomic E-state index is 14.8. The second-order valence-electron chi connectivity index (χ2n) is 14.6. The van der Waals surface area contributed by atoms with Crippen LogP contribution in [0.5, 0.6) is 0 Å². The van der Waals surface area contributed by atoms with E-state index in [0.717, 1.165) is 28.8 Å². The number of non-ortho nitro benzene ring substituents is 1. The molecule has 4 aliphatic heterocycles. The van der Waals surface area contributed by atoms with Crippen molar-refractivity contribution in [2.45, 2.75) is 82.1 Å². The Morgan fingerprint density at radius 1 is 1.08 bits per heavy atom. The van der Waals surface area contributed by atoms with Crippen LogP contribution in [0.4, 0.5) is 17.1 Å². The molecule has 0 aliphatic carbocycles. The number of nitro groups is 1. The number of hydrogen-bond acceptors (Lipinski definition) is 8. The summed E-state index contributed by atoms with van der Waals surface area (Å²) in [7, 11) is -3.13. The van der Waals surface area contributed by atoms with E-state index in [1.807, 2.05) is 55.5 Å². The van der Waals surface area contributed by atoms with Crippen molar-refractivity contribution in [1.82, 2.24) is 4.90 Å². The Kier molecular flexibility index (Phi) is 8.65. The molecule has 1 spiro atoms. The number of carbonyl (C=O) groups excluding carboxylic acids is 3.